The van der Waals surface area contributed by atoms with Crippen LogP contribution in [0.1, 0.15) is 5.56 Å². The van der Waals surface area contributed by atoms with Crippen LogP contribution >= 0.6 is 11.6 Å². The molecule has 3 aromatic rings. The summed E-state index contributed by atoms with van der Waals surface area (Å²) >= 11 is 5.97. The molecular weight excluding hydrogens is 350 g/mol. The van der Waals surface area contributed by atoms with E-state index in [1.165, 1.54) is 0 Å². The highest BCUT2D eigenvalue weighted by Crippen LogP contribution is 2.23. The van der Waals surface area contributed by atoms with Gasteiger partial charge in [0, 0.05) is 10.7 Å². The standard InChI is InChI=1S/C21H18ClNO3/c1-15-13-19(11-12-20(15)22)25-14-21(24)23-16-7-9-18(10-8-16)26-17-5-3-2-4-6-17/h2-13H,14H2,1H3,(H,23,24). The van der Waals surface area contributed by atoms with Crippen LogP contribution in [0.5, 0.6) is 17.2 Å². The Hall–Kier alpha value is -2.98. The van der Waals surface area contributed by atoms with E-state index in [4.69, 9.17) is 21.1 Å². The highest BCUT2D eigenvalue weighted by Gasteiger charge is 2.05. The van der Waals surface area contributed by atoms with Gasteiger partial charge in [0.05, 0.1) is 0 Å². The number of halogens is 1. The fourth-order valence-electron chi connectivity index (χ4n) is 2.28. The van der Waals surface area contributed by atoms with Gasteiger partial charge in [-0.25, -0.2) is 0 Å². The molecule has 0 bridgehead atoms. The highest BCUT2D eigenvalue weighted by atomic mass is 35.5. The number of nitrogens with one attached hydrogen (secondary N) is 1. The van der Waals surface area contributed by atoms with Crippen LogP contribution in [0.2, 0.25) is 5.02 Å². The SMILES string of the molecule is Cc1cc(OCC(=O)Nc2ccc(Oc3ccccc3)cc2)ccc1Cl. The van der Waals surface area contributed by atoms with Gasteiger partial charge >= 0.3 is 0 Å². The maximum absolute atomic E-state index is 12.0. The average molecular weight is 368 g/mol. The van der Waals surface area contributed by atoms with Gasteiger partial charge in [0.2, 0.25) is 0 Å². The molecule has 26 heavy (non-hydrogen) atoms. The smallest absolute Gasteiger partial charge is 0.262 e. The number of hydrogen-bond donors (Lipinski definition) is 1. The molecule has 0 aliphatic carbocycles. The van der Waals surface area contributed by atoms with Crippen molar-refractivity contribution in [3.63, 3.8) is 0 Å². The largest absolute Gasteiger partial charge is 0.484 e. The van der Waals surface area contributed by atoms with E-state index < -0.39 is 0 Å². The second kappa shape index (κ2) is 8.41. The fourth-order valence-corrected chi connectivity index (χ4v) is 2.40. The Kier molecular flexibility index (Phi) is 5.77. The summed E-state index contributed by atoms with van der Waals surface area (Å²) in [7, 11) is 0. The lowest BCUT2D eigenvalue weighted by Gasteiger charge is -2.10. The Morgan fingerprint density at radius 2 is 1.58 bits per heavy atom. The van der Waals surface area contributed by atoms with Crippen molar-refractivity contribution in [3.8, 4) is 17.2 Å². The molecule has 0 saturated carbocycles. The third kappa shape index (κ3) is 5.01. The summed E-state index contributed by atoms with van der Waals surface area (Å²) in [5.41, 5.74) is 1.57. The van der Waals surface area contributed by atoms with Gasteiger partial charge in [-0.05, 0) is 67.1 Å². The van der Waals surface area contributed by atoms with Crippen LogP contribution in [-0.4, -0.2) is 12.5 Å². The predicted molar refractivity (Wildman–Crippen MR) is 103 cm³/mol. The van der Waals surface area contributed by atoms with Crippen LogP contribution in [0.3, 0.4) is 0 Å². The molecule has 0 spiro atoms. The Bertz CT molecular complexity index is 880. The first-order chi connectivity index (χ1) is 12.6. The van der Waals surface area contributed by atoms with E-state index in [0.717, 1.165) is 11.3 Å². The maximum Gasteiger partial charge on any atom is 0.262 e. The molecular formula is C21H18ClNO3. The molecule has 1 amide bonds. The van der Waals surface area contributed by atoms with Gasteiger partial charge in [-0.15, -0.1) is 0 Å². The van der Waals surface area contributed by atoms with E-state index in [-0.39, 0.29) is 12.5 Å². The Balaban J connectivity index is 1.51. The first-order valence-electron chi connectivity index (χ1n) is 8.12. The molecule has 3 aromatic carbocycles. The number of benzene rings is 3. The summed E-state index contributed by atoms with van der Waals surface area (Å²) in [4.78, 5) is 12.0. The van der Waals surface area contributed by atoms with Crippen molar-refractivity contribution in [3.05, 3.63) is 83.4 Å². The number of rotatable bonds is 6. The Morgan fingerprint density at radius 1 is 0.923 bits per heavy atom. The molecule has 3 rings (SSSR count). The fraction of sp³-hybridized carbons (Fsp3) is 0.0952. The van der Waals surface area contributed by atoms with E-state index in [9.17, 15) is 4.79 Å². The van der Waals surface area contributed by atoms with Crippen molar-refractivity contribution in [2.75, 3.05) is 11.9 Å². The summed E-state index contributed by atoms with van der Waals surface area (Å²) in [5, 5.41) is 3.45. The van der Waals surface area contributed by atoms with E-state index >= 15 is 0 Å². The van der Waals surface area contributed by atoms with Crippen molar-refractivity contribution in [1.29, 1.82) is 0 Å². The van der Waals surface area contributed by atoms with Crippen molar-refractivity contribution in [2.45, 2.75) is 6.92 Å². The summed E-state index contributed by atoms with van der Waals surface area (Å²) < 4.78 is 11.2. The first-order valence-corrected chi connectivity index (χ1v) is 8.50. The van der Waals surface area contributed by atoms with Crippen molar-refractivity contribution < 1.29 is 14.3 Å². The second-order valence-corrected chi connectivity index (χ2v) is 6.09. The minimum Gasteiger partial charge on any atom is -0.484 e. The Morgan fingerprint density at radius 3 is 2.27 bits per heavy atom. The lowest BCUT2D eigenvalue weighted by atomic mass is 10.2. The third-order valence-corrected chi connectivity index (χ3v) is 4.04. The summed E-state index contributed by atoms with van der Waals surface area (Å²) in [6.45, 7) is 1.80. The van der Waals surface area contributed by atoms with Gasteiger partial charge < -0.3 is 14.8 Å². The molecule has 0 aliphatic rings. The van der Waals surface area contributed by atoms with Crippen LogP contribution in [0.4, 0.5) is 5.69 Å². The van der Waals surface area contributed by atoms with Crippen molar-refractivity contribution in [2.24, 2.45) is 0 Å². The summed E-state index contributed by atoms with van der Waals surface area (Å²) in [6.07, 6.45) is 0. The van der Waals surface area contributed by atoms with Gasteiger partial charge in [0.1, 0.15) is 17.2 Å². The zero-order chi connectivity index (χ0) is 18.4. The molecule has 0 atom stereocenters. The van der Waals surface area contributed by atoms with Crippen LogP contribution in [0, 0.1) is 6.92 Å². The number of anilines is 1. The van der Waals surface area contributed by atoms with Crippen LogP contribution in [0.15, 0.2) is 72.8 Å². The van der Waals surface area contributed by atoms with Gasteiger partial charge in [-0.3, -0.25) is 4.79 Å². The van der Waals surface area contributed by atoms with Gasteiger partial charge in [0.25, 0.3) is 5.91 Å². The second-order valence-electron chi connectivity index (χ2n) is 5.69. The topological polar surface area (TPSA) is 47.6 Å². The van der Waals surface area contributed by atoms with Gasteiger partial charge in [-0.2, -0.15) is 0 Å². The normalized spacial score (nSPS) is 10.2. The zero-order valence-corrected chi connectivity index (χ0v) is 15.0. The number of carbonyl (C=O) groups is 1. The molecule has 0 heterocycles. The van der Waals surface area contributed by atoms with Crippen molar-refractivity contribution in [1.82, 2.24) is 0 Å². The summed E-state index contributed by atoms with van der Waals surface area (Å²) in [5.74, 6) is 1.82. The number of hydrogen-bond acceptors (Lipinski definition) is 3. The Labute approximate surface area is 157 Å². The first kappa shape index (κ1) is 17.8. The molecule has 0 unspecified atom stereocenters. The lowest BCUT2D eigenvalue weighted by Crippen LogP contribution is -2.20. The molecule has 0 fully saturated rings. The molecule has 1 N–H and O–H groups in total. The van der Waals surface area contributed by atoms with Crippen LogP contribution < -0.4 is 14.8 Å². The zero-order valence-electron chi connectivity index (χ0n) is 14.2. The molecule has 5 heteroatoms. The van der Waals surface area contributed by atoms with E-state index in [1.807, 2.05) is 37.3 Å². The summed E-state index contributed by atoms with van der Waals surface area (Å²) in [6, 6.07) is 21.9. The maximum atomic E-state index is 12.0. The number of para-hydroxylation sites is 1. The third-order valence-electron chi connectivity index (χ3n) is 3.62. The lowest BCUT2D eigenvalue weighted by molar-refractivity contribution is -0.118. The minimum absolute atomic E-state index is 0.0800. The number of carbonyl (C=O) groups excluding carboxylic acids is 1. The molecule has 0 radical (unpaired) electrons. The molecule has 0 aromatic heterocycles. The quantitative estimate of drug-likeness (QED) is 0.629. The van der Waals surface area contributed by atoms with Crippen molar-refractivity contribution >= 4 is 23.2 Å². The average Bonchev–Trinajstić information content (AvgIpc) is 2.65. The molecule has 0 saturated heterocycles. The van der Waals surface area contributed by atoms with E-state index in [0.29, 0.717) is 22.2 Å². The molecule has 0 aliphatic heterocycles. The number of ether oxygens (including phenoxy) is 2. The van der Waals surface area contributed by atoms with Gasteiger partial charge in [-0.1, -0.05) is 29.8 Å². The molecule has 4 nitrogen and oxygen atoms in total. The monoisotopic (exact) mass is 367 g/mol. The highest BCUT2D eigenvalue weighted by molar-refractivity contribution is 6.31. The number of amides is 1. The van der Waals surface area contributed by atoms with Crippen LogP contribution in [-0.2, 0) is 4.79 Å². The van der Waals surface area contributed by atoms with E-state index in [1.54, 1.807) is 42.5 Å². The van der Waals surface area contributed by atoms with E-state index in [2.05, 4.69) is 5.32 Å². The van der Waals surface area contributed by atoms with Gasteiger partial charge in [0.15, 0.2) is 6.61 Å². The van der Waals surface area contributed by atoms with Crippen LogP contribution in [0.25, 0.3) is 0 Å². The number of aryl methyl sites for hydroxylation is 1. The minimum atomic E-state index is -0.241. The molecule has 132 valence electrons. The predicted octanol–water partition coefficient (Wildman–Crippen LogP) is 5.46.